The summed E-state index contributed by atoms with van der Waals surface area (Å²) in [4.78, 5) is 24.3. The van der Waals surface area contributed by atoms with Gasteiger partial charge in [-0.2, -0.15) is 0 Å². The van der Waals surface area contributed by atoms with E-state index in [4.69, 9.17) is 0 Å². The molecule has 1 aromatic heterocycles. The van der Waals surface area contributed by atoms with E-state index in [9.17, 15) is 4.79 Å². The van der Waals surface area contributed by atoms with Crippen molar-refractivity contribution in [3.63, 3.8) is 0 Å². The minimum Gasteiger partial charge on any atom is -0.342 e. The number of hydrogen-bond donors (Lipinski definition) is 0. The third kappa shape index (κ3) is 3.60. The van der Waals surface area contributed by atoms with Crippen LogP contribution in [0.25, 0.3) is 0 Å². The van der Waals surface area contributed by atoms with E-state index in [0.717, 1.165) is 63.9 Å². The fourth-order valence-electron chi connectivity index (χ4n) is 4.46. The fourth-order valence-corrected chi connectivity index (χ4v) is 4.46. The molecule has 1 unspecified atom stereocenters. The van der Waals surface area contributed by atoms with Crippen LogP contribution in [0.5, 0.6) is 0 Å². The van der Waals surface area contributed by atoms with Crippen LogP contribution in [0.1, 0.15) is 37.9 Å². The van der Waals surface area contributed by atoms with Gasteiger partial charge in [-0.3, -0.25) is 14.6 Å². The maximum absolute atomic E-state index is 12.6. The third-order valence-corrected chi connectivity index (χ3v) is 6.54. The van der Waals surface area contributed by atoms with Gasteiger partial charge >= 0.3 is 0 Å². The van der Waals surface area contributed by atoms with Gasteiger partial charge in [0.2, 0.25) is 5.91 Å². The summed E-state index contributed by atoms with van der Waals surface area (Å²) in [7, 11) is 4.31. The Kier molecular flexibility index (Phi) is 4.58. The topological polar surface area (TPSA) is 44.6 Å². The number of hydrogen-bond acceptors (Lipinski definition) is 4. The van der Waals surface area contributed by atoms with Crippen LogP contribution in [0.15, 0.2) is 12.4 Å². The summed E-state index contributed by atoms with van der Waals surface area (Å²) in [6, 6.07) is 0. The van der Waals surface area contributed by atoms with Crippen molar-refractivity contribution in [1.29, 1.82) is 0 Å². The number of rotatable bonds is 4. The Morgan fingerprint density at radius 1 is 1.20 bits per heavy atom. The number of carbonyl (C=O) groups excluding carboxylic acids is 1. The summed E-state index contributed by atoms with van der Waals surface area (Å²) >= 11 is 0. The van der Waals surface area contributed by atoms with Crippen LogP contribution >= 0.6 is 0 Å². The Bertz CT molecular complexity index is 625. The molecule has 1 amide bonds. The monoisotopic (exact) mass is 345 g/mol. The zero-order valence-electron chi connectivity index (χ0n) is 15.7. The normalized spacial score (nSPS) is 29.4. The van der Waals surface area contributed by atoms with E-state index < -0.39 is 0 Å². The molecule has 3 heterocycles. The molecule has 1 aliphatic carbocycles. The first-order valence-corrected chi connectivity index (χ1v) is 9.73. The first-order chi connectivity index (χ1) is 12.1. The first kappa shape index (κ1) is 17.0. The van der Waals surface area contributed by atoms with Crippen molar-refractivity contribution in [2.45, 2.75) is 44.2 Å². The lowest BCUT2D eigenvalue weighted by atomic mass is 9.86. The molecule has 0 N–H and O–H groups in total. The smallest absolute Gasteiger partial charge is 0.222 e. The second kappa shape index (κ2) is 6.72. The number of likely N-dealkylation sites (N-methyl/N-ethyl adjacent to an activating group) is 1. The molecule has 0 radical (unpaired) electrons. The molecule has 0 bridgehead atoms. The van der Waals surface area contributed by atoms with E-state index in [1.54, 1.807) is 0 Å². The SMILES string of the molecule is CN1CCN(Cc2nccn2C)CC12CCC(=O)N(CC1CC1)CC2. The largest absolute Gasteiger partial charge is 0.342 e. The molecular formula is C19H31N5O. The van der Waals surface area contributed by atoms with Gasteiger partial charge in [0.05, 0.1) is 6.54 Å². The standard InChI is InChI=1S/C19H31N5O/c1-21-10-8-20-17(21)14-23-12-11-22(2)19(15-23)6-5-18(25)24(9-7-19)13-16-3-4-16/h8,10,16H,3-7,9,11-15H2,1-2H3. The van der Waals surface area contributed by atoms with Crippen molar-refractivity contribution in [2.75, 3.05) is 39.8 Å². The molecular weight excluding hydrogens is 314 g/mol. The highest BCUT2D eigenvalue weighted by atomic mass is 16.2. The Balaban J connectivity index is 1.44. The van der Waals surface area contributed by atoms with E-state index in [0.29, 0.717) is 12.3 Å². The quantitative estimate of drug-likeness (QED) is 0.826. The van der Waals surface area contributed by atoms with E-state index in [1.165, 1.54) is 12.8 Å². The molecule has 1 aromatic rings. The molecule has 3 fully saturated rings. The van der Waals surface area contributed by atoms with Crippen LogP contribution in [0.4, 0.5) is 0 Å². The highest BCUT2D eigenvalue weighted by molar-refractivity contribution is 5.76. The van der Waals surface area contributed by atoms with Crippen LogP contribution in [0.2, 0.25) is 0 Å². The molecule has 6 heteroatoms. The summed E-state index contributed by atoms with van der Waals surface area (Å²) in [5.74, 6) is 2.28. The summed E-state index contributed by atoms with van der Waals surface area (Å²) in [6.07, 6.45) is 9.30. The molecule has 3 aliphatic rings. The second-order valence-corrected chi connectivity index (χ2v) is 8.34. The minimum absolute atomic E-state index is 0.136. The number of piperazine rings is 1. The molecule has 1 atom stereocenters. The van der Waals surface area contributed by atoms with Crippen LogP contribution in [-0.2, 0) is 18.4 Å². The van der Waals surface area contributed by atoms with Gasteiger partial charge in [0.1, 0.15) is 5.82 Å². The summed E-state index contributed by atoms with van der Waals surface area (Å²) in [5.41, 5.74) is 0.136. The lowest BCUT2D eigenvalue weighted by molar-refractivity contribution is -0.131. The molecule has 4 rings (SSSR count). The van der Waals surface area contributed by atoms with E-state index >= 15 is 0 Å². The average Bonchev–Trinajstić information content (AvgIpc) is 3.35. The van der Waals surface area contributed by atoms with Gasteiger partial charge in [0, 0.05) is 64.1 Å². The first-order valence-electron chi connectivity index (χ1n) is 9.73. The van der Waals surface area contributed by atoms with Crippen molar-refractivity contribution in [3.8, 4) is 0 Å². The van der Waals surface area contributed by atoms with Gasteiger partial charge < -0.3 is 9.47 Å². The second-order valence-electron chi connectivity index (χ2n) is 8.34. The Labute approximate surface area is 150 Å². The van der Waals surface area contributed by atoms with E-state index in [-0.39, 0.29) is 5.54 Å². The maximum Gasteiger partial charge on any atom is 0.222 e. The number of aromatic nitrogens is 2. The number of likely N-dealkylation sites (tertiary alicyclic amines) is 1. The van der Waals surface area contributed by atoms with E-state index in [2.05, 4.69) is 38.3 Å². The van der Waals surface area contributed by atoms with Crippen LogP contribution in [-0.4, -0.2) is 75.5 Å². The Morgan fingerprint density at radius 3 is 2.76 bits per heavy atom. The van der Waals surface area contributed by atoms with Crippen molar-refractivity contribution in [3.05, 3.63) is 18.2 Å². The Morgan fingerprint density at radius 2 is 2.04 bits per heavy atom. The molecule has 25 heavy (non-hydrogen) atoms. The number of nitrogens with zero attached hydrogens (tertiary/aromatic N) is 5. The van der Waals surface area contributed by atoms with Gasteiger partial charge in [-0.25, -0.2) is 4.98 Å². The Hall–Kier alpha value is -1.40. The molecule has 1 spiro atoms. The van der Waals surface area contributed by atoms with Crippen molar-refractivity contribution < 1.29 is 4.79 Å². The molecule has 2 aliphatic heterocycles. The lowest BCUT2D eigenvalue weighted by Gasteiger charge is -2.49. The van der Waals surface area contributed by atoms with Gasteiger partial charge in [-0.05, 0) is 38.6 Å². The van der Waals surface area contributed by atoms with E-state index in [1.807, 2.05) is 12.4 Å². The van der Waals surface area contributed by atoms with Gasteiger partial charge in [0.25, 0.3) is 0 Å². The molecule has 2 saturated heterocycles. The van der Waals surface area contributed by atoms with Crippen molar-refractivity contribution >= 4 is 5.91 Å². The number of amides is 1. The van der Waals surface area contributed by atoms with Gasteiger partial charge in [-0.1, -0.05) is 0 Å². The molecule has 0 aromatic carbocycles. The number of aryl methyl sites for hydroxylation is 1. The third-order valence-electron chi connectivity index (χ3n) is 6.54. The summed E-state index contributed by atoms with van der Waals surface area (Å²) < 4.78 is 2.11. The van der Waals surface area contributed by atoms with Crippen molar-refractivity contribution in [2.24, 2.45) is 13.0 Å². The fraction of sp³-hybridized carbons (Fsp3) is 0.789. The summed E-state index contributed by atoms with van der Waals surface area (Å²) in [6.45, 7) is 6.01. The number of carbonyl (C=O) groups is 1. The zero-order valence-corrected chi connectivity index (χ0v) is 15.7. The van der Waals surface area contributed by atoms with Crippen LogP contribution < -0.4 is 0 Å². The predicted molar refractivity (Wildman–Crippen MR) is 97.0 cm³/mol. The lowest BCUT2D eigenvalue weighted by Crippen LogP contribution is -2.60. The van der Waals surface area contributed by atoms with Gasteiger partial charge in [-0.15, -0.1) is 0 Å². The molecule has 1 saturated carbocycles. The van der Waals surface area contributed by atoms with Crippen molar-refractivity contribution in [1.82, 2.24) is 24.3 Å². The zero-order chi connectivity index (χ0) is 17.4. The van der Waals surface area contributed by atoms with Gasteiger partial charge in [0.15, 0.2) is 0 Å². The van der Waals surface area contributed by atoms with Crippen LogP contribution in [0.3, 0.4) is 0 Å². The minimum atomic E-state index is 0.136. The summed E-state index contributed by atoms with van der Waals surface area (Å²) in [5, 5.41) is 0. The molecule has 138 valence electrons. The highest BCUT2D eigenvalue weighted by Gasteiger charge is 2.42. The molecule has 6 nitrogen and oxygen atoms in total. The average molecular weight is 345 g/mol. The number of imidazole rings is 1. The highest BCUT2D eigenvalue weighted by Crippen LogP contribution is 2.35. The van der Waals surface area contributed by atoms with Crippen LogP contribution in [0, 0.1) is 5.92 Å². The predicted octanol–water partition coefficient (Wildman–Crippen LogP) is 1.33. The maximum atomic E-state index is 12.6.